The summed E-state index contributed by atoms with van der Waals surface area (Å²) in [6.45, 7) is 8.86. The van der Waals surface area contributed by atoms with Gasteiger partial charge >= 0.3 is 0 Å². The molecular formula is C24H37N5O2. The van der Waals surface area contributed by atoms with Gasteiger partial charge in [0, 0.05) is 58.6 Å². The number of nitriles is 1. The van der Waals surface area contributed by atoms with Gasteiger partial charge in [0.1, 0.15) is 6.07 Å². The van der Waals surface area contributed by atoms with Gasteiger partial charge in [-0.2, -0.15) is 5.26 Å². The number of aliphatic imine (C=N–C) groups is 1. The van der Waals surface area contributed by atoms with Crippen LogP contribution in [0.2, 0.25) is 0 Å². The van der Waals surface area contributed by atoms with E-state index in [9.17, 15) is 5.26 Å². The summed E-state index contributed by atoms with van der Waals surface area (Å²) in [7, 11) is 0. The molecule has 0 radical (unpaired) electrons. The van der Waals surface area contributed by atoms with Crippen LogP contribution in [0.1, 0.15) is 44.6 Å². The monoisotopic (exact) mass is 427 g/mol. The van der Waals surface area contributed by atoms with Gasteiger partial charge < -0.3 is 25.0 Å². The second-order valence-corrected chi connectivity index (χ2v) is 8.30. The molecule has 2 fully saturated rings. The van der Waals surface area contributed by atoms with Crippen LogP contribution in [0.3, 0.4) is 0 Å². The molecule has 0 aliphatic carbocycles. The molecule has 1 unspecified atom stereocenters. The van der Waals surface area contributed by atoms with Crippen LogP contribution in [0, 0.1) is 17.2 Å². The third-order valence-corrected chi connectivity index (χ3v) is 5.88. The van der Waals surface area contributed by atoms with Gasteiger partial charge in [0.25, 0.3) is 0 Å². The van der Waals surface area contributed by atoms with Crippen molar-refractivity contribution in [1.82, 2.24) is 10.6 Å². The number of nitrogens with one attached hydrogen (secondary N) is 2. The van der Waals surface area contributed by atoms with Crippen LogP contribution in [-0.2, 0) is 9.47 Å². The Balaban J connectivity index is 1.43. The van der Waals surface area contributed by atoms with E-state index in [2.05, 4.69) is 28.5 Å². The van der Waals surface area contributed by atoms with Crippen molar-refractivity contribution >= 4 is 11.6 Å². The highest BCUT2D eigenvalue weighted by Crippen LogP contribution is 2.23. The number of anilines is 1. The molecule has 1 aromatic rings. The number of piperidine rings is 1. The van der Waals surface area contributed by atoms with Crippen LogP contribution in [0.15, 0.2) is 29.3 Å². The van der Waals surface area contributed by atoms with E-state index in [0.717, 1.165) is 102 Å². The van der Waals surface area contributed by atoms with Gasteiger partial charge in [-0.15, -0.1) is 0 Å². The van der Waals surface area contributed by atoms with Crippen molar-refractivity contribution in [3.8, 4) is 6.07 Å². The number of hydrogen-bond acceptors (Lipinski definition) is 5. The summed E-state index contributed by atoms with van der Waals surface area (Å²) in [6, 6.07) is 10.5. The molecule has 0 aromatic heterocycles. The highest BCUT2D eigenvalue weighted by Gasteiger charge is 2.22. The maximum Gasteiger partial charge on any atom is 0.191 e. The van der Waals surface area contributed by atoms with Crippen LogP contribution in [-0.4, -0.2) is 64.6 Å². The van der Waals surface area contributed by atoms with Crippen molar-refractivity contribution in [2.45, 2.75) is 45.1 Å². The molecule has 2 saturated heterocycles. The Labute approximate surface area is 186 Å². The van der Waals surface area contributed by atoms with E-state index in [1.807, 2.05) is 24.3 Å². The molecule has 0 amide bonds. The summed E-state index contributed by atoms with van der Waals surface area (Å²) in [5, 5.41) is 16.4. The maximum atomic E-state index is 9.43. The van der Waals surface area contributed by atoms with Crippen molar-refractivity contribution in [3.63, 3.8) is 0 Å². The SMILES string of the molecule is CCNC(=NCCCOCC1CCOCC1)NC1CCCN(c2ccccc2C#N)C1. The standard InChI is InChI=1S/C24H37N5O2/c1-2-26-24(27-12-6-14-31-19-20-10-15-30-16-11-20)28-22-8-5-13-29(18-22)23-9-4-3-7-21(23)17-25/h3-4,7,9,20,22H,2,5-6,8,10-16,18-19H2,1H3,(H2,26,27,28). The van der Waals surface area contributed by atoms with Crippen molar-refractivity contribution in [3.05, 3.63) is 29.8 Å². The third kappa shape index (κ3) is 7.71. The summed E-state index contributed by atoms with van der Waals surface area (Å²) >= 11 is 0. The Hall–Kier alpha value is -2.30. The largest absolute Gasteiger partial charge is 0.381 e. The van der Waals surface area contributed by atoms with Gasteiger partial charge in [-0.05, 0) is 57.1 Å². The molecule has 0 bridgehead atoms. The van der Waals surface area contributed by atoms with Gasteiger partial charge in [0.15, 0.2) is 5.96 Å². The smallest absolute Gasteiger partial charge is 0.191 e. The molecule has 7 heteroatoms. The van der Waals surface area contributed by atoms with Gasteiger partial charge in [-0.1, -0.05) is 12.1 Å². The van der Waals surface area contributed by atoms with E-state index in [1.165, 1.54) is 0 Å². The first-order valence-electron chi connectivity index (χ1n) is 11.7. The average molecular weight is 428 g/mol. The van der Waals surface area contributed by atoms with E-state index in [0.29, 0.717) is 12.0 Å². The molecule has 170 valence electrons. The summed E-state index contributed by atoms with van der Waals surface area (Å²) in [6.07, 6.45) is 5.35. The molecule has 2 heterocycles. The van der Waals surface area contributed by atoms with E-state index in [4.69, 9.17) is 14.5 Å². The van der Waals surface area contributed by atoms with Gasteiger partial charge in [-0.25, -0.2) is 0 Å². The first kappa shape index (κ1) is 23.4. The number of hydrogen-bond donors (Lipinski definition) is 2. The predicted molar refractivity (Wildman–Crippen MR) is 124 cm³/mol. The second kappa shape index (κ2) is 13.2. The van der Waals surface area contributed by atoms with E-state index in [1.54, 1.807) is 0 Å². The molecule has 2 N–H and O–H groups in total. The summed E-state index contributed by atoms with van der Waals surface area (Å²) in [4.78, 5) is 7.06. The average Bonchev–Trinajstić information content (AvgIpc) is 2.82. The van der Waals surface area contributed by atoms with Crippen molar-refractivity contribution in [2.24, 2.45) is 10.9 Å². The van der Waals surface area contributed by atoms with Crippen LogP contribution >= 0.6 is 0 Å². The molecule has 0 saturated carbocycles. The van der Waals surface area contributed by atoms with Crippen molar-refractivity contribution in [1.29, 1.82) is 5.26 Å². The summed E-state index contributed by atoms with van der Waals surface area (Å²) in [5.74, 6) is 1.52. The lowest BCUT2D eigenvalue weighted by molar-refractivity contribution is 0.0205. The summed E-state index contributed by atoms with van der Waals surface area (Å²) in [5.41, 5.74) is 1.77. The molecule has 0 spiro atoms. The first-order valence-corrected chi connectivity index (χ1v) is 11.7. The Morgan fingerprint density at radius 2 is 2.13 bits per heavy atom. The lowest BCUT2D eigenvalue weighted by Crippen LogP contribution is -2.51. The lowest BCUT2D eigenvalue weighted by atomic mass is 10.0. The minimum atomic E-state index is 0.308. The molecule has 1 atom stereocenters. The quantitative estimate of drug-likeness (QED) is 0.358. The third-order valence-electron chi connectivity index (χ3n) is 5.88. The lowest BCUT2D eigenvalue weighted by Gasteiger charge is -2.35. The molecule has 2 aliphatic rings. The Kier molecular flexibility index (Phi) is 9.94. The summed E-state index contributed by atoms with van der Waals surface area (Å²) < 4.78 is 11.2. The highest BCUT2D eigenvalue weighted by atomic mass is 16.5. The van der Waals surface area contributed by atoms with Gasteiger partial charge in [-0.3, -0.25) is 4.99 Å². The fraction of sp³-hybridized carbons (Fsp3) is 0.667. The second-order valence-electron chi connectivity index (χ2n) is 8.30. The number of benzene rings is 1. The minimum absolute atomic E-state index is 0.308. The van der Waals surface area contributed by atoms with E-state index >= 15 is 0 Å². The van der Waals surface area contributed by atoms with Crippen molar-refractivity contribution < 1.29 is 9.47 Å². The van der Waals surface area contributed by atoms with Crippen LogP contribution in [0.25, 0.3) is 0 Å². The predicted octanol–water partition coefficient (Wildman–Crippen LogP) is 2.92. The topological polar surface area (TPSA) is 81.9 Å². The molecule has 2 aliphatic heterocycles. The highest BCUT2D eigenvalue weighted by molar-refractivity contribution is 5.80. The molecule has 3 rings (SSSR count). The molecular weight excluding hydrogens is 390 g/mol. The Bertz CT molecular complexity index is 727. The number of para-hydroxylation sites is 1. The van der Waals surface area contributed by atoms with E-state index < -0.39 is 0 Å². The zero-order chi connectivity index (χ0) is 21.7. The van der Waals surface area contributed by atoms with Crippen molar-refractivity contribution in [2.75, 3.05) is 57.5 Å². The van der Waals surface area contributed by atoms with Crippen LogP contribution < -0.4 is 15.5 Å². The first-order chi connectivity index (χ1) is 15.3. The number of guanidine groups is 1. The number of nitrogens with zero attached hydrogens (tertiary/aromatic N) is 3. The minimum Gasteiger partial charge on any atom is -0.381 e. The van der Waals surface area contributed by atoms with Gasteiger partial charge in [0.2, 0.25) is 0 Å². The van der Waals surface area contributed by atoms with E-state index in [-0.39, 0.29) is 0 Å². The van der Waals surface area contributed by atoms with Gasteiger partial charge in [0.05, 0.1) is 11.3 Å². The zero-order valence-electron chi connectivity index (χ0n) is 18.8. The fourth-order valence-electron chi connectivity index (χ4n) is 4.19. The molecule has 31 heavy (non-hydrogen) atoms. The molecule has 1 aromatic carbocycles. The van der Waals surface area contributed by atoms with Crippen LogP contribution in [0.4, 0.5) is 5.69 Å². The normalized spacial score (nSPS) is 20.3. The molecule has 7 nitrogen and oxygen atoms in total. The zero-order valence-corrected chi connectivity index (χ0v) is 18.8. The number of rotatable bonds is 9. The van der Waals surface area contributed by atoms with Crippen LogP contribution in [0.5, 0.6) is 0 Å². The Morgan fingerprint density at radius 1 is 1.29 bits per heavy atom. The maximum absolute atomic E-state index is 9.43. The fourth-order valence-corrected chi connectivity index (χ4v) is 4.19. The number of ether oxygens (including phenoxy) is 2. The Morgan fingerprint density at radius 3 is 2.94 bits per heavy atom.